The number of hydrogen-bond donors (Lipinski definition) is 1. The number of aromatic nitrogens is 2. The number of ether oxygens (including phenoxy) is 1. The molecule has 1 saturated heterocycles. The SMILES string of the molecule is Cn1c(SCC(=O)Nc2ccc(N3CCOCC3)cc2)nc2ccccc21. The molecule has 4 rings (SSSR count). The van der Waals surface area contributed by atoms with Crippen LogP contribution in [-0.2, 0) is 16.6 Å². The Bertz CT molecular complexity index is 933. The number of morpholine rings is 1. The highest BCUT2D eigenvalue weighted by molar-refractivity contribution is 7.99. The van der Waals surface area contributed by atoms with Crippen LogP contribution < -0.4 is 10.2 Å². The molecule has 3 aromatic rings. The van der Waals surface area contributed by atoms with Crippen LogP contribution in [0.25, 0.3) is 11.0 Å². The molecule has 0 bridgehead atoms. The van der Waals surface area contributed by atoms with Crippen LogP contribution in [0.1, 0.15) is 0 Å². The molecule has 1 aliphatic heterocycles. The highest BCUT2D eigenvalue weighted by Gasteiger charge is 2.12. The molecule has 0 atom stereocenters. The third-order valence-corrected chi connectivity index (χ3v) is 5.64. The van der Waals surface area contributed by atoms with Crippen molar-refractivity contribution >= 4 is 40.1 Å². The molecule has 0 saturated carbocycles. The first kappa shape index (κ1) is 17.9. The predicted octanol–water partition coefficient (Wildman–Crippen LogP) is 3.14. The summed E-state index contributed by atoms with van der Waals surface area (Å²) in [5, 5.41) is 3.80. The molecular formula is C20H22N4O2S. The van der Waals surface area contributed by atoms with Gasteiger partial charge in [-0.2, -0.15) is 0 Å². The van der Waals surface area contributed by atoms with Gasteiger partial charge in [0.25, 0.3) is 0 Å². The molecule has 7 heteroatoms. The second-order valence-electron chi connectivity index (χ2n) is 6.43. The van der Waals surface area contributed by atoms with Gasteiger partial charge in [0.2, 0.25) is 5.91 Å². The lowest BCUT2D eigenvalue weighted by Gasteiger charge is -2.28. The molecule has 6 nitrogen and oxygen atoms in total. The number of imidazole rings is 1. The Kier molecular flexibility index (Phi) is 5.31. The van der Waals surface area contributed by atoms with E-state index in [-0.39, 0.29) is 5.91 Å². The first-order valence-electron chi connectivity index (χ1n) is 8.97. The Morgan fingerprint density at radius 2 is 1.89 bits per heavy atom. The number of amides is 1. The minimum absolute atomic E-state index is 0.0359. The van der Waals surface area contributed by atoms with E-state index < -0.39 is 0 Å². The first-order valence-corrected chi connectivity index (χ1v) is 9.96. The summed E-state index contributed by atoms with van der Waals surface area (Å²) >= 11 is 1.44. The number of rotatable bonds is 5. The second kappa shape index (κ2) is 8.02. The van der Waals surface area contributed by atoms with Crippen molar-refractivity contribution in [2.45, 2.75) is 5.16 Å². The monoisotopic (exact) mass is 382 g/mol. The van der Waals surface area contributed by atoms with Crippen molar-refractivity contribution in [3.05, 3.63) is 48.5 Å². The van der Waals surface area contributed by atoms with Gasteiger partial charge in [0.15, 0.2) is 5.16 Å². The van der Waals surface area contributed by atoms with Crippen LogP contribution >= 0.6 is 11.8 Å². The van der Waals surface area contributed by atoms with Crippen LogP contribution in [0.2, 0.25) is 0 Å². The fourth-order valence-electron chi connectivity index (χ4n) is 3.16. The van der Waals surface area contributed by atoms with E-state index in [1.165, 1.54) is 11.8 Å². The molecule has 1 aliphatic rings. The molecule has 0 radical (unpaired) electrons. The molecule has 1 fully saturated rings. The lowest BCUT2D eigenvalue weighted by molar-refractivity contribution is -0.113. The number of benzene rings is 2. The minimum atomic E-state index is -0.0359. The van der Waals surface area contributed by atoms with Crippen molar-refractivity contribution in [2.24, 2.45) is 7.05 Å². The van der Waals surface area contributed by atoms with E-state index in [0.29, 0.717) is 5.75 Å². The number of anilines is 2. The maximum Gasteiger partial charge on any atom is 0.234 e. The Labute approximate surface area is 162 Å². The fraction of sp³-hybridized carbons (Fsp3) is 0.300. The van der Waals surface area contributed by atoms with E-state index in [9.17, 15) is 4.79 Å². The van der Waals surface area contributed by atoms with Gasteiger partial charge in [-0.05, 0) is 36.4 Å². The molecule has 1 N–H and O–H groups in total. The van der Waals surface area contributed by atoms with Crippen LogP contribution in [0.3, 0.4) is 0 Å². The summed E-state index contributed by atoms with van der Waals surface area (Å²) in [6.07, 6.45) is 0. The van der Waals surface area contributed by atoms with Crippen molar-refractivity contribution in [1.29, 1.82) is 0 Å². The summed E-state index contributed by atoms with van der Waals surface area (Å²) in [7, 11) is 1.97. The summed E-state index contributed by atoms with van der Waals surface area (Å²) in [4.78, 5) is 19.2. The molecule has 1 amide bonds. The van der Waals surface area contributed by atoms with Gasteiger partial charge in [0.05, 0.1) is 30.0 Å². The second-order valence-corrected chi connectivity index (χ2v) is 7.37. The molecule has 0 aliphatic carbocycles. The number of nitrogens with zero attached hydrogens (tertiary/aromatic N) is 3. The zero-order valence-corrected chi connectivity index (χ0v) is 16.0. The van der Waals surface area contributed by atoms with Gasteiger partial charge in [-0.25, -0.2) is 4.98 Å². The normalized spacial score (nSPS) is 14.5. The predicted molar refractivity (Wildman–Crippen MR) is 110 cm³/mol. The van der Waals surface area contributed by atoms with Crippen LogP contribution in [-0.4, -0.2) is 47.5 Å². The smallest absolute Gasteiger partial charge is 0.234 e. The highest BCUT2D eigenvalue weighted by Crippen LogP contribution is 2.23. The van der Waals surface area contributed by atoms with E-state index in [0.717, 1.165) is 53.9 Å². The molecule has 1 aromatic heterocycles. The first-order chi connectivity index (χ1) is 13.2. The number of fused-ring (bicyclic) bond motifs is 1. The van der Waals surface area contributed by atoms with Crippen molar-refractivity contribution in [3.8, 4) is 0 Å². The minimum Gasteiger partial charge on any atom is -0.378 e. The topological polar surface area (TPSA) is 59.4 Å². The number of thioether (sulfide) groups is 1. The number of para-hydroxylation sites is 2. The van der Waals surface area contributed by atoms with E-state index in [1.807, 2.05) is 60.1 Å². The third kappa shape index (κ3) is 4.09. The van der Waals surface area contributed by atoms with Crippen LogP contribution in [0.5, 0.6) is 0 Å². The molecule has 0 spiro atoms. The van der Waals surface area contributed by atoms with E-state index in [2.05, 4.69) is 15.2 Å². The van der Waals surface area contributed by atoms with Gasteiger partial charge >= 0.3 is 0 Å². The Hall–Kier alpha value is -2.51. The molecule has 27 heavy (non-hydrogen) atoms. The number of carbonyl (C=O) groups is 1. The highest BCUT2D eigenvalue weighted by atomic mass is 32.2. The number of aryl methyl sites for hydroxylation is 1. The zero-order valence-electron chi connectivity index (χ0n) is 15.2. The van der Waals surface area contributed by atoms with Gasteiger partial charge in [0, 0.05) is 31.5 Å². The summed E-state index contributed by atoms with van der Waals surface area (Å²) in [5.74, 6) is 0.286. The zero-order chi connectivity index (χ0) is 18.6. The van der Waals surface area contributed by atoms with Crippen LogP contribution in [0, 0.1) is 0 Å². The van der Waals surface area contributed by atoms with E-state index in [4.69, 9.17) is 4.74 Å². The van der Waals surface area contributed by atoms with E-state index in [1.54, 1.807) is 0 Å². The summed E-state index contributed by atoms with van der Waals surface area (Å²) in [5.41, 5.74) is 3.98. The number of hydrogen-bond acceptors (Lipinski definition) is 5. The number of nitrogens with one attached hydrogen (secondary N) is 1. The maximum absolute atomic E-state index is 12.3. The largest absolute Gasteiger partial charge is 0.378 e. The van der Waals surface area contributed by atoms with E-state index >= 15 is 0 Å². The molecule has 0 unspecified atom stereocenters. The van der Waals surface area contributed by atoms with Gasteiger partial charge in [-0.1, -0.05) is 23.9 Å². The Morgan fingerprint density at radius 1 is 1.15 bits per heavy atom. The lowest BCUT2D eigenvalue weighted by atomic mass is 10.2. The molecular weight excluding hydrogens is 360 g/mol. The summed E-state index contributed by atoms with van der Waals surface area (Å²) in [6.45, 7) is 3.33. The van der Waals surface area contributed by atoms with Crippen molar-refractivity contribution in [3.63, 3.8) is 0 Å². The average Bonchev–Trinajstić information content (AvgIpc) is 3.04. The van der Waals surface area contributed by atoms with Gasteiger partial charge in [0.1, 0.15) is 0 Å². The van der Waals surface area contributed by atoms with Crippen molar-refractivity contribution < 1.29 is 9.53 Å². The van der Waals surface area contributed by atoms with Crippen molar-refractivity contribution in [1.82, 2.24) is 9.55 Å². The average molecular weight is 382 g/mol. The molecule has 140 valence electrons. The Balaban J connectivity index is 1.34. The van der Waals surface area contributed by atoms with Gasteiger partial charge in [-0.3, -0.25) is 4.79 Å². The molecule has 2 heterocycles. The third-order valence-electron chi connectivity index (χ3n) is 4.61. The summed E-state index contributed by atoms with van der Waals surface area (Å²) in [6, 6.07) is 15.9. The summed E-state index contributed by atoms with van der Waals surface area (Å²) < 4.78 is 7.40. The Morgan fingerprint density at radius 3 is 2.63 bits per heavy atom. The van der Waals surface area contributed by atoms with Crippen LogP contribution in [0.15, 0.2) is 53.7 Å². The van der Waals surface area contributed by atoms with Gasteiger partial charge in [-0.15, -0.1) is 0 Å². The standard InChI is InChI=1S/C20H22N4O2S/c1-23-18-5-3-2-4-17(18)22-20(23)27-14-19(25)21-15-6-8-16(9-7-15)24-10-12-26-13-11-24/h2-9H,10-14H2,1H3,(H,21,25). The van der Waals surface area contributed by atoms with Gasteiger partial charge < -0.3 is 19.5 Å². The van der Waals surface area contributed by atoms with Crippen molar-refractivity contribution in [2.75, 3.05) is 42.3 Å². The lowest BCUT2D eigenvalue weighted by Crippen LogP contribution is -2.36. The quantitative estimate of drug-likeness (QED) is 0.687. The maximum atomic E-state index is 12.3. The number of carbonyl (C=O) groups excluding carboxylic acids is 1. The van der Waals surface area contributed by atoms with Crippen LogP contribution in [0.4, 0.5) is 11.4 Å². The molecule has 2 aromatic carbocycles. The fourth-order valence-corrected chi connectivity index (χ4v) is 3.94.